The summed E-state index contributed by atoms with van der Waals surface area (Å²) in [6.45, 7) is 2.75. The summed E-state index contributed by atoms with van der Waals surface area (Å²) in [5, 5.41) is 0. The Bertz CT molecular complexity index is 377. The van der Waals surface area contributed by atoms with Gasteiger partial charge in [-0.05, 0) is 18.6 Å². The number of unbranched alkanes of at least 4 members (excludes halogenated alkanes) is 6. The Morgan fingerprint density at radius 3 is 2.47 bits per heavy atom. The molecule has 1 rings (SSSR count). The monoisotopic (exact) mass is 266 g/mol. The Morgan fingerprint density at radius 2 is 1.79 bits per heavy atom. The van der Waals surface area contributed by atoms with Gasteiger partial charge in [0.1, 0.15) is 11.6 Å². The molecule has 0 heterocycles. The van der Waals surface area contributed by atoms with Crippen LogP contribution in [-0.4, -0.2) is 12.9 Å². The minimum Gasteiger partial charge on any atom is -0.493 e. The van der Waals surface area contributed by atoms with Gasteiger partial charge >= 0.3 is 0 Å². The number of carbonyl (C=O) groups is 1. The van der Waals surface area contributed by atoms with Crippen molar-refractivity contribution < 1.29 is 13.9 Å². The van der Waals surface area contributed by atoms with E-state index in [1.165, 1.54) is 38.2 Å². The third-order valence-electron chi connectivity index (χ3n) is 3.14. The summed E-state index contributed by atoms with van der Waals surface area (Å²) in [6.07, 6.45) is 8.93. The van der Waals surface area contributed by atoms with Crippen molar-refractivity contribution in [1.82, 2.24) is 0 Å². The largest absolute Gasteiger partial charge is 0.493 e. The van der Waals surface area contributed by atoms with Gasteiger partial charge in [0.15, 0.2) is 6.29 Å². The molecule has 0 atom stereocenters. The molecule has 1 aromatic carbocycles. The fraction of sp³-hybridized carbons (Fsp3) is 0.562. The second-order valence-corrected chi connectivity index (χ2v) is 4.74. The number of hydrogen-bond donors (Lipinski definition) is 0. The van der Waals surface area contributed by atoms with Crippen molar-refractivity contribution in [1.29, 1.82) is 0 Å². The molecular weight excluding hydrogens is 243 g/mol. The molecule has 1 aromatic rings. The first-order valence-corrected chi connectivity index (χ1v) is 7.16. The molecule has 19 heavy (non-hydrogen) atoms. The van der Waals surface area contributed by atoms with Gasteiger partial charge in [0.2, 0.25) is 0 Å². The average molecular weight is 266 g/mol. The molecule has 0 aliphatic heterocycles. The standard InChI is InChI=1S/C16H23FO2/c1-2-3-4-5-6-7-8-12-19-16-11-9-10-15(17)14(16)13-18/h9-11,13H,2-8,12H2,1H3. The zero-order valence-electron chi connectivity index (χ0n) is 11.7. The maximum absolute atomic E-state index is 13.3. The molecule has 0 amide bonds. The van der Waals surface area contributed by atoms with Crippen molar-refractivity contribution in [2.45, 2.75) is 51.9 Å². The maximum Gasteiger partial charge on any atom is 0.156 e. The highest BCUT2D eigenvalue weighted by molar-refractivity contribution is 5.79. The zero-order chi connectivity index (χ0) is 13.9. The van der Waals surface area contributed by atoms with Crippen molar-refractivity contribution in [2.75, 3.05) is 6.61 Å². The molecule has 0 fully saturated rings. The summed E-state index contributed by atoms with van der Waals surface area (Å²) >= 11 is 0. The first kappa shape index (κ1) is 15.7. The van der Waals surface area contributed by atoms with E-state index in [0.29, 0.717) is 18.6 Å². The Balaban J connectivity index is 2.19. The second-order valence-electron chi connectivity index (χ2n) is 4.74. The van der Waals surface area contributed by atoms with E-state index in [2.05, 4.69) is 6.92 Å². The fourth-order valence-electron chi connectivity index (χ4n) is 2.00. The van der Waals surface area contributed by atoms with E-state index in [1.54, 1.807) is 12.1 Å². The maximum atomic E-state index is 13.3. The van der Waals surface area contributed by atoms with E-state index in [-0.39, 0.29) is 5.56 Å². The molecule has 0 aliphatic carbocycles. The Hall–Kier alpha value is -1.38. The normalized spacial score (nSPS) is 10.4. The number of benzene rings is 1. The lowest BCUT2D eigenvalue weighted by Gasteiger charge is -2.08. The fourth-order valence-corrected chi connectivity index (χ4v) is 2.00. The lowest BCUT2D eigenvalue weighted by molar-refractivity contribution is 0.111. The predicted octanol–water partition coefficient (Wildman–Crippen LogP) is 4.77. The summed E-state index contributed by atoms with van der Waals surface area (Å²) in [4.78, 5) is 10.8. The number of carbonyl (C=O) groups excluding carboxylic acids is 1. The first-order chi connectivity index (χ1) is 9.29. The van der Waals surface area contributed by atoms with Crippen LogP contribution < -0.4 is 4.74 Å². The molecule has 0 radical (unpaired) electrons. The summed E-state index contributed by atoms with van der Waals surface area (Å²) in [7, 11) is 0. The molecule has 0 N–H and O–H groups in total. The smallest absolute Gasteiger partial charge is 0.156 e. The van der Waals surface area contributed by atoms with Gasteiger partial charge in [-0.1, -0.05) is 51.5 Å². The number of halogens is 1. The van der Waals surface area contributed by atoms with Crippen LogP contribution in [0.5, 0.6) is 5.75 Å². The Kier molecular flexibility index (Phi) is 7.87. The number of rotatable bonds is 10. The molecular formula is C16H23FO2. The molecule has 0 unspecified atom stereocenters. The van der Waals surface area contributed by atoms with Gasteiger partial charge in [-0.3, -0.25) is 4.79 Å². The van der Waals surface area contributed by atoms with Crippen molar-refractivity contribution in [3.05, 3.63) is 29.6 Å². The van der Waals surface area contributed by atoms with Crippen LogP contribution in [0.4, 0.5) is 4.39 Å². The van der Waals surface area contributed by atoms with E-state index in [1.807, 2.05) is 0 Å². The predicted molar refractivity (Wildman–Crippen MR) is 75.3 cm³/mol. The van der Waals surface area contributed by atoms with Crippen LogP contribution in [0.1, 0.15) is 62.2 Å². The van der Waals surface area contributed by atoms with Crippen LogP contribution in [0.3, 0.4) is 0 Å². The van der Waals surface area contributed by atoms with E-state index >= 15 is 0 Å². The molecule has 0 bridgehead atoms. The van der Waals surface area contributed by atoms with Gasteiger partial charge in [0.05, 0.1) is 12.2 Å². The van der Waals surface area contributed by atoms with Gasteiger partial charge in [-0.25, -0.2) is 4.39 Å². The van der Waals surface area contributed by atoms with Crippen molar-refractivity contribution in [3.8, 4) is 5.75 Å². The second kappa shape index (κ2) is 9.54. The topological polar surface area (TPSA) is 26.3 Å². The minimum absolute atomic E-state index is 0.0189. The van der Waals surface area contributed by atoms with Gasteiger partial charge < -0.3 is 4.74 Å². The lowest BCUT2D eigenvalue weighted by atomic mass is 10.1. The lowest BCUT2D eigenvalue weighted by Crippen LogP contribution is -2.01. The third kappa shape index (κ3) is 5.86. The van der Waals surface area contributed by atoms with E-state index in [4.69, 9.17) is 4.74 Å². The highest BCUT2D eigenvalue weighted by Crippen LogP contribution is 2.19. The molecule has 2 nitrogen and oxygen atoms in total. The molecule has 0 saturated carbocycles. The third-order valence-corrected chi connectivity index (χ3v) is 3.14. The van der Waals surface area contributed by atoms with E-state index in [0.717, 1.165) is 12.8 Å². The summed E-state index contributed by atoms with van der Waals surface area (Å²) in [5.41, 5.74) is 0.0189. The highest BCUT2D eigenvalue weighted by atomic mass is 19.1. The van der Waals surface area contributed by atoms with E-state index < -0.39 is 5.82 Å². The van der Waals surface area contributed by atoms with Gasteiger partial charge in [0, 0.05) is 0 Å². The minimum atomic E-state index is -0.521. The summed E-state index contributed by atoms with van der Waals surface area (Å²) < 4.78 is 18.8. The molecule has 106 valence electrons. The SMILES string of the molecule is CCCCCCCCCOc1cccc(F)c1C=O. The molecule has 3 heteroatoms. The number of aldehydes is 1. The van der Waals surface area contributed by atoms with Crippen LogP contribution in [0.15, 0.2) is 18.2 Å². The van der Waals surface area contributed by atoms with Crippen LogP contribution in [-0.2, 0) is 0 Å². The highest BCUT2D eigenvalue weighted by Gasteiger charge is 2.07. The molecule has 0 spiro atoms. The van der Waals surface area contributed by atoms with Crippen LogP contribution in [0, 0.1) is 5.82 Å². The van der Waals surface area contributed by atoms with Crippen LogP contribution >= 0.6 is 0 Å². The Labute approximate surface area is 115 Å². The average Bonchev–Trinajstić information content (AvgIpc) is 2.42. The zero-order valence-corrected chi connectivity index (χ0v) is 11.7. The first-order valence-electron chi connectivity index (χ1n) is 7.16. The van der Waals surface area contributed by atoms with Gasteiger partial charge in [-0.2, -0.15) is 0 Å². The molecule has 0 aliphatic rings. The van der Waals surface area contributed by atoms with Crippen LogP contribution in [0.25, 0.3) is 0 Å². The van der Waals surface area contributed by atoms with E-state index in [9.17, 15) is 9.18 Å². The van der Waals surface area contributed by atoms with Gasteiger partial charge in [0.25, 0.3) is 0 Å². The van der Waals surface area contributed by atoms with Crippen molar-refractivity contribution in [3.63, 3.8) is 0 Å². The van der Waals surface area contributed by atoms with Gasteiger partial charge in [-0.15, -0.1) is 0 Å². The summed E-state index contributed by atoms with van der Waals surface area (Å²) in [5.74, 6) is -0.173. The van der Waals surface area contributed by atoms with Crippen molar-refractivity contribution >= 4 is 6.29 Å². The van der Waals surface area contributed by atoms with Crippen LogP contribution in [0.2, 0.25) is 0 Å². The molecule has 0 aromatic heterocycles. The Morgan fingerprint density at radius 1 is 1.11 bits per heavy atom. The number of ether oxygens (including phenoxy) is 1. The quantitative estimate of drug-likeness (QED) is 0.450. The summed E-state index contributed by atoms with van der Waals surface area (Å²) in [6, 6.07) is 4.46. The number of hydrogen-bond acceptors (Lipinski definition) is 2. The van der Waals surface area contributed by atoms with Crippen molar-refractivity contribution in [2.24, 2.45) is 0 Å². The molecule has 0 saturated heterocycles.